The Morgan fingerprint density at radius 2 is 2.13 bits per heavy atom. The van der Waals surface area contributed by atoms with Crippen molar-refractivity contribution in [2.45, 2.75) is 38.1 Å². The zero-order valence-corrected chi connectivity index (χ0v) is 13.1. The van der Waals surface area contributed by atoms with Crippen molar-refractivity contribution < 1.29 is 19.1 Å². The Labute approximate surface area is 133 Å². The van der Waals surface area contributed by atoms with Gasteiger partial charge in [-0.15, -0.1) is 0 Å². The number of methoxy groups -OCH3 is 1. The van der Waals surface area contributed by atoms with E-state index in [1.807, 2.05) is 0 Å². The molecule has 0 radical (unpaired) electrons. The third kappa shape index (κ3) is 2.93. The van der Waals surface area contributed by atoms with Crippen LogP contribution in [0.4, 0.5) is 0 Å². The molecule has 0 aromatic carbocycles. The Bertz CT molecular complexity index is 639. The van der Waals surface area contributed by atoms with Crippen LogP contribution in [0.5, 0.6) is 0 Å². The summed E-state index contributed by atoms with van der Waals surface area (Å²) in [5.74, 6) is -1.15. The number of carbonyl (C=O) groups excluding carboxylic acids is 3. The molecule has 1 unspecified atom stereocenters. The van der Waals surface area contributed by atoms with E-state index >= 15 is 0 Å². The molecule has 1 aromatic heterocycles. The predicted octanol–water partition coefficient (Wildman–Crippen LogP) is -0.208. The quantitative estimate of drug-likeness (QED) is 0.750. The maximum atomic E-state index is 12.9. The van der Waals surface area contributed by atoms with Crippen LogP contribution in [0.25, 0.3) is 0 Å². The van der Waals surface area contributed by atoms with E-state index in [9.17, 15) is 14.4 Å². The van der Waals surface area contributed by atoms with Gasteiger partial charge in [0, 0.05) is 24.3 Å². The summed E-state index contributed by atoms with van der Waals surface area (Å²) in [6, 6.07) is -0.848. The van der Waals surface area contributed by atoms with Crippen LogP contribution in [0.3, 0.4) is 0 Å². The van der Waals surface area contributed by atoms with Gasteiger partial charge in [-0.3, -0.25) is 19.5 Å². The van der Waals surface area contributed by atoms with E-state index in [0.29, 0.717) is 18.8 Å². The van der Waals surface area contributed by atoms with Gasteiger partial charge in [0.15, 0.2) is 5.69 Å². The Morgan fingerprint density at radius 3 is 2.91 bits per heavy atom. The maximum absolute atomic E-state index is 12.9. The van der Waals surface area contributed by atoms with Gasteiger partial charge in [0.1, 0.15) is 6.04 Å². The Morgan fingerprint density at radius 1 is 1.35 bits per heavy atom. The van der Waals surface area contributed by atoms with Gasteiger partial charge in [-0.05, 0) is 25.7 Å². The number of nitrogens with zero attached hydrogens (tertiary/aromatic N) is 2. The molecule has 1 fully saturated rings. The van der Waals surface area contributed by atoms with Gasteiger partial charge in [0.05, 0.1) is 13.5 Å². The van der Waals surface area contributed by atoms with Crippen molar-refractivity contribution in [1.82, 2.24) is 20.4 Å². The van der Waals surface area contributed by atoms with Crippen LogP contribution >= 0.6 is 0 Å². The summed E-state index contributed by atoms with van der Waals surface area (Å²) in [4.78, 5) is 37.9. The molecular weight excluding hydrogens is 300 g/mol. The molecule has 23 heavy (non-hydrogen) atoms. The summed E-state index contributed by atoms with van der Waals surface area (Å²) in [6.07, 6.45) is 3.66. The fourth-order valence-corrected chi connectivity index (χ4v) is 3.20. The number of aromatic amines is 1. The highest BCUT2D eigenvalue weighted by molar-refractivity contribution is 5.99. The summed E-state index contributed by atoms with van der Waals surface area (Å²) in [5.41, 5.74) is 2.33. The standard InChI is InChI=1S/C15H20N4O4/c1-23-12(20)8-11-14(21)16-6-7-19(11)15(22)13-9-4-2-3-5-10(9)17-18-13/h11H,2-8H2,1H3,(H,16,21)(H,17,18). The minimum Gasteiger partial charge on any atom is -0.469 e. The van der Waals surface area contributed by atoms with Crippen molar-refractivity contribution in [2.75, 3.05) is 20.2 Å². The first kappa shape index (κ1) is 15.5. The third-order valence-electron chi connectivity index (χ3n) is 4.44. The van der Waals surface area contributed by atoms with Crippen molar-refractivity contribution in [3.63, 3.8) is 0 Å². The summed E-state index contributed by atoms with van der Waals surface area (Å²) >= 11 is 0. The number of amides is 2. The second-order valence-electron chi connectivity index (χ2n) is 5.82. The molecule has 8 nitrogen and oxygen atoms in total. The molecule has 1 aliphatic heterocycles. The number of hydrogen-bond acceptors (Lipinski definition) is 5. The van der Waals surface area contributed by atoms with Crippen molar-refractivity contribution in [2.24, 2.45) is 0 Å². The molecule has 1 saturated heterocycles. The highest BCUT2D eigenvalue weighted by atomic mass is 16.5. The van der Waals surface area contributed by atoms with Crippen LogP contribution in [0.1, 0.15) is 41.0 Å². The minimum atomic E-state index is -0.848. The summed E-state index contributed by atoms with van der Waals surface area (Å²) < 4.78 is 4.63. The van der Waals surface area contributed by atoms with E-state index in [1.165, 1.54) is 12.0 Å². The monoisotopic (exact) mass is 320 g/mol. The second kappa shape index (κ2) is 6.39. The van der Waals surface area contributed by atoms with Gasteiger partial charge in [-0.1, -0.05) is 0 Å². The molecule has 2 heterocycles. The lowest BCUT2D eigenvalue weighted by Crippen LogP contribution is -2.58. The predicted molar refractivity (Wildman–Crippen MR) is 79.7 cm³/mol. The molecule has 0 spiro atoms. The molecule has 0 saturated carbocycles. The topological polar surface area (TPSA) is 104 Å². The van der Waals surface area contributed by atoms with Gasteiger partial charge in [0.25, 0.3) is 5.91 Å². The van der Waals surface area contributed by atoms with Crippen molar-refractivity contribution in [1.29, 1.82) is 0 Å². The maximum Gasteiger partial charge on any atom is 0.308 e. The lowest BCUT2D eigenvalue weighted by Gasteiger charge is -2.34. The number of piperazine rings is 1. The van der Waals surface area contributed by atoms with Crippen LogP contribution < -0.4 is 5.32 Å². The van der Waals surface area contributed by atoms with E-state index < -0.39 is 12.0 Å². The van der Waals surface area contributed by atoms with E-state index in [4.69, 9.17) is 0 Å². The van der Waals surface area contributed by atoms with Crippen LogP contribution in [0.15, 0.2) is 0 Å². The van der Waals surface area contributed by atoms with E-state index in [-0.39, 0.29) is 18.2 Å². The summed E-state index contributed by atoms with van der Waals surface area (Å²) in [6.45, 7) is 0.725. The minimum absolute atomic E-state index is 0.152. The second-order valence-corrected chi connectivity index (χ2v) is 5.82. The number of hydrogen-bond donors (Lipinski definition) is 2. The first-order chi connectivity index (χ1) is 11.1. The van der Waals surface area contributed by atoms with Gasteiger partial charge in [-0.2, -0.15) is 5.10 Å². The number of ether oxygens (including phenoxy) is 1. The van der Waals surface area contributed by atoms with Crippen LogP contribution in [-0.2, 0) is 27.2 Å². The molecule has 2 aliphatic rings. The zero-order valence-electron chi connectivity index (χ0n) is 13.1. The zero-order chi connectivity index (χ0) is 16.4. The molecule has 1 atom stereocenters. The Hall–Kier alpha value is -2.38. The fourth-order valence-electron chi connectivity index (χ4n) is 3.20. The van der Waals surface area contributed by atoms with Crippen LogP contribution in [-0.4, -0.2) is 59.1 Å². The van der Waals surface area contributed by atoms with E-state index in [1.54, 1.807) is 0 Å². The largest absolute Gasteiger partial charge is 0.469 e. The normalized spacial score (nSPS) is 20.7. The number of rotatable bonds is 3. The van der Waals surface area contributed by atoms with Gasteiger partial charge >= 0.3 is 5.97 Å². The van der Waals surface area contributed by atoms with Crippen molar-refractivity contribution in [3.8, 4) is 0 Å². The molecule has 1 aliphatic carbocycles. The average molecular weight is 320 g/mol. The number of aryl methyl sites for hydroxylation is 1. The van der Waals surface area contributed by atoms with Crippen LogP contribution in [0.2, 0.25) is 0 Å². The van der Waals surface area contributed by atoms with Crippen molar-refractivity contribution in [3.05, 3.63) is 17.0 Å². The van der Waals surface area contributed by atoms with Gasteiger partial charge in [0.2, 0.25) is 5.91 Å². The Balaban J connectivity index is 1.85. The SMILES string of the molecule is COC(=O)CC1C(=O)NCCN1C(=O)c1n[nH]c2c1CCCC2. The van der Waals surface area contributed by atoms with Crippen molar-refractivity contribution >= 4 is 17.8 Å². The average Bonchev–Trinajstić information content (AvgIpc) is 3.00. The lowest BCUT2D eigenvalue weighted by atomic mass is 9.95. The highest BCUT2D eigenvalue weighted by Crippen LogP contribution is 2.24. The fraction of sp³-hybridized carbons (Fsp3) is 0.600. The number of carbonyl (C=O) groups is 3. The third-order valence-corrected chi connectivity index (χ3v) is 4.44. The first-order valence-corrected chi connectivity index (χ1v) is 7.83. The molecular formula is C15H20N4O4. The first-order valence-electron chi connectivity index (χ1n) is 7.83. The molecule has 2 N–H and O–H groups in total. The van der Waals surface area contributed by atoms with Gasteiger partial charge in [-0.25, -0.2) is 0 Å². The smallest absolute Gasteiger partial charge is 0.308 e. The molecule has 3 rings (SSSR count). The van der Waals surface area contributed by atoms with Crippen LogP contribution in [0, 0.1) is 0 Å². The highest BCUT2D eigenvalue weighted by Gasteiger charge is 2.37. The summed E-state index contributed by atoms with van der Waals surface area (Å²) in [5, 5.41) is 9.79. The summed E-state index contributed by atoms with van der Waals surface area (Å²) in [7, 11) is 1.26. The molecule has 8 heteroatoms. The lowest BCUT2D eigenvalue weighted by molar-refractivity contribution is -0.145. The van der Waals surface area contributed by atoms with Gasteiger partial charge < -0.3 is 15.0 Å². The number of nitrogens with one attached hydrogen (secondary N) is 2. The molecule has 2 amide bonds. The Kier molecular flexibility index (Phi) is 4.31. The molecule has 1 aromatic rings. The number of aromatic nitrogens is 2. The van der Waals surface area contributed by atoms with E-state index in [0.717, 1.165) is 36.9 Å². The molecule has 124 valence electrons. The number of H-pyrrole nitrogens is 1. The number of esters is 1. The number of fused-ring (bicyclic) bond motifs is 1. The van der Waals surface area contributed by atoms with E-state index in [2.05, 4.69) is 20.3 Å². The molecule has 0 bridgehead atoms.